The Morgan fingerprint density at radius 3 is 2.87 bits per heavy atom. The number of nitrogens with one attached hydrogen (secondary N) is 1. The van der Waals surface area contributed by atoms with Crippen LogP contribution in [-0.4, -0.2) is 30.3 Å². The maximum atomic E-state index is 13.3. The molecule has 1 aliphatic rings. The molecular formula is C21H22N4O4S2. The van der Waals surface area contributed by atoms with E-state index in [2.05, 4.69) is 28.7 Å². The summed E-state index contributed by atoms with van der Waals surface area (Å²) in [6, 6.07) is 7.97. The zero-order valence-electron chi connectivity index (χ0n) is 17.1. The van der Waals surface area contributed by atoms with Crippen LogP contribution in [0.25, 0.3) is 10.2 Å². The Balaban J connectivity index is 1.86. The van der Waals surface area contributed by atoms with Crippen molar-refractivity contribution in [2.75, 3.05) is 5.32 Å². The van der Waals surface area contributed by atoms with Crippen LogP contribution in [-0.2, 0) is 10.0 Å². The van der Waals surface area contributed by atoms with Crippen molar-refractivity contribution in [3.63, 3.8) is 0 Å². The van der Waals surface area contributed by atoms with Gasteiger partial charge in [0.05, 0.1) is 15.9 Å². The van der Waals surface area contributed by atoms with Crippen LogP contribution in [0.5, 0.6) is 5.75 Å². The molecule has 0 amide bonds. The molecule has 0 aliphatic carbocycles. The number of anilines is 1. The Labute approximate surface area is 183 Å². The number of pyridine rings is 1. The topological polar surface area (TPSA) is 113 Å². The standard InChI is InChI=1S/C21H22N4O4S2/c1-3-6-13(2)9-11-22-25-15-10-12-30-19(15)18(26)17(21(25)27)20-23-14-7-4-5-8-16(14)31(28,29)24-20/h4-5,7-8,10-13,26H,3,6,9H2,1-2H3,(H,23,24). The number of hydrogen-bond donors (Lipinski definition) is 2. The van der Waals surface area contributed by atoms with Gasteiger partial charge in [-0.2, -0.15) is 18.2 Å². The Bertz CT molecular complexity index is 1370. The third-order valence-electron chi connectivity index (χ3n) is 5.08. The minimum absolute atomic E-state index is 0.0127. The maximum Gasteiger partial charge on any atom is 0.286 e. The molecule has 10 heteroatoms. The number of nitrogens with zero attached hydrogens (tertiary/aromatic N) is 3. The SMILES string of the molecule is CCCC(C)CC=Nn1c(=O)c(C2=NS(=O)(=O)c3ccccc3N2)c(O)c2sccc21. The van der Waals surface area contributed by atoms with Gasteiger partial charge in [0.25, 0.3) is 15.6 Å². The van der Waals surface area contributed by atoms with Crippen LogP contribution in [0, 0.1) is 5.92 Å². The summed E-state index contributed by atoms with van der Waals surface area (Å²) in [5, 5.41) is 19.8. The number of aromatic hydroxyl groups is 1. The van der Waals surface area contributed by atoms with E-state index in [1.807, 2.05) is 0 Å². The lowest BCUT2D eigenvalue weighted by molar-refractivity contribution is 0.479. The number of para-hydroxylation sites is 1. The van der Waals surface area contributed by atoms with E-state index >= 15 is 0 Å². The van der Waals surface area contributed by atoms with Gasteiger partial charge in [-0.25, -0.2) is 0 Å². The van der Waals surface area contributed by atoms with Crippen molar-refractivity contribution >= 4 is 49.3 Å². The molecule has 0 spiro atoms. The van der Waals surface area contributed by atoms with Crippen LogP contribution in [0.4, 0.5) is 5.69 Å². The first kappa shape index (κ1) is 21.3. The Hall–Kier alpha value is -2.98. The molecular weight excluding hydrogens is 436 g/mol. The predicted molar refractivity (Wildman–Crippen MR) is 124 cm³/mol. The number of thiophene rings is 1. The van der Waals surface area contributed by atoms with Gasteiger partial charge >= 0.3 is 0 Å². The van der Waals surface area contributed by atoms with Gasteiger partial charge in [0, 0.05) is 6.21 Å². The van der Waals surface area contributed by atoms with E-state index in [1.54, 1.807) is 35.9 Å². The second-order valence-corrected chi connectivity index (χ2v) is 9.93. The molecule has 0 saturated heterocycles. The monoisotopic (exact) mass is 458 g/mol. The highest BCUT2D eigenvalue weighted by Gasteiger charge is 2.30. The molecule has 3 aromatic rings. The van der Waals surface area contributed by atoms with E-state index in [4.69, 9.17) is 0 Å². The first-order valence-corrected chi connectivity index (χ1v) is 12.2. The van der Waals surface area contributed by atoms with Crippen molar-refractivity contribution in [2.45, 2.75) is 38.0 Å². The van der Waals surface area contributed by atoms with Gasteiger partial charge in [-0.15, -0.1) is 15.7 Å². The normalized spacial score (nSPS) is 16.1. The number of hydrogen-bond acceptors (Lipinski definition) is 7. The minimum Gasteiger partial charge on any atom is -0.505 e. The number of amidine groups is 1. The number of rotatable bonds is 6. The maximum absolute atomic E-state index is 13.3. The lowest BCUT2D eigenvalue weighted by Crippen LogP contribution is -2.31. The van der Waals surface area contributed by atoms with Crippen molar-refractivity contribution in [3.8, 4) is 5.75 Å². The highest BCUT2D eigenvalue weighted by Crippen LogP contribution is 2.34. The molecule has 0 bridgehead atoms. The van der Waals surface area contributed by atoms with Crippen molar-refractivity contribution in [1.29, 1.82) is 0 Å². The van der Waals surface area contributed by atoms with E-state index in [1.165, 1.54) is 22.1 Å². The lowest BCUT2D eigenvalue weighted by atomic mass is 10.0. The smallest absolute Gasteiger partial charge is 0.286 e. The van der Waals surface area contributed by atoms with Gasteiger partial charge in [0.15, 0.2) is 11.6 Å². The van der Waals surface area contributed by atoms with Crippen LogP contribution < -0.4 is 10.9 Å². The largest absolute Gasteiger partial charge is 0.505 e. The Kier molecular flexibility index (Phi) is 5.67. The Morgan fingerprint density at radius 2 is 2.10 bits per heavy atom. The minimum atomic E-state index is -4.03. The van der Waals surface area contributed by atoms with Gasteiger partial charge in [-0.1, -0.05) is 38.8 Å². The number of sulfonamides is 1. The predicted octanol–water partition coefficient (Wildman–Crippen LogP) is 3.99. The molecule has 2 aromatic heterocycles. The summed E-state index contributed by atoms with van der Waals surface area (Å²) in [6.07, 6.45) is 4.49. The first-order chi connectivity index (χ1) is 14.8. The fraction of sp³-hybridized carbons (Fsp3) is 0.286. The van der Waals surface area contributed by atoms with Gasteiger partial charge < -0.3 is 10.4 Å². The third kappa shape index (κ3) is 3.88. The van der Waals surface area contributed by atoms with E-state index < -0.39 is 15.6 Å². The van der Waals surface area contributed by atoms with Crippen molar-refractivity contribution in [2.24, 2.45) is 15.4 Å². The van der Waals surface area contributed by atoms with Crippen LogP contribution >= 0.6 is 11.3 Å². The molecule has 1 aliphatic heterocycles. The summed E-state index contributed by atoms with van der Waals surface area (Å²) in [5.74, 6) is -0.119. The summed E-state index contributed by atoms with van der Waals surface area (Å²) in [4.78, 5) is 13.3. The van der Waals surface area contributed by atoms with Gasteiger partial charge in [-0.05, 0) is 35.9 Å². The average molecular weight is 459 g/mol. The van der Waals surface area contributed by atoms with Crippen LogP contribution in [0.1, 0.15) is 38.7 Å². The fourth-order valence-corrected chi connectivity index (χ4v) is 5.49. The summed E-state index contributed by atoms with van der Waals surface area (Å²) < 4.78 is 30.7. The molecule has 31 heavy (non-hydrogen) atoms. The van der Waals surface area contributed by atoms with Crippen molar-refractivity contribution in [1.82, 2.24) is 4.68 Å². The first-order valence-electron chi connectivity index (χ1n) is 9.93. The molecule has 0 radical (unpaired) electrons. The molecule has 0 fully saturated rings. The van der Waals surface area contributed by atoms with E-state index in [9.17, 15) is 18.3 Å². The van der Waals surface area contributed by atoms with Crippen molar-refractivity contribution < 1.29 is 13.5 Å². The van der Waals surface area contributed by atoms with Gasteiger partial charge in [0.1, 0.15) is 10.5 Å². The molecule has 4 rings (SSSR count). The average Bonchev–Trinajstić information content (AvgIpc) is 3.20. The molecule has 2 N–H and O–H groups in total. The molecule has 162 valence electrons. The summed E-state index contributed by atoms with van der Waals surface area (Å²) >= 11 is 1.23. The summed E-state index contributed by atoms with van der Waals surface area (Å²) in [7, 11) is -4.03. The third-order valence-corrected chi connectivity index (χ3v) is 7.33. The number of benzene rings is 1. The van der Waals surface area contributed by atoms with Crippen LogP contribution in [0.15, 0.2) is 54.9 Å². The molecule has 1 aromatic carbocycles. The second-order valence-electron chi connectivity index (χ2n) is 7.44. The second kappa shape index (κ2) is 8.27. The number of fused-ring (bicyclic) bond motifs is 2. The van der Waals surface area contributed by atoms with E-state index in [0.717, 1.165) is 12.8 Å². The summed E-state index contributed by atoms with van der Waals surface area (Å²) in [6.45, 7) is 4.23. The van der Waals surface area contributed by atoms with Crippen LogP contribution in [0.3, 0.4) is 0 Å². The highest BCUT2D eigenvalue weighted by atomic mass is 32.2. The zero-order chi connectivity index (χ0) is 22.2. The van der Waals surface area contributed by atoms with Crippen LogP contribution in [0.2, 0.25) is 0 Å². The number of aromatic nitrogens is 1. The molecule has 3 heterocycles. The molecule has 8 nitrogen and oxygen atoms in total. The molecule has 1 atom stereocenters. The fourth-order valence-electron chi connectivity index (χ4n) is 3.55. The molecule has 1 unspecified atom stereocenters. The van der Waals surface area contributed by atoms with Gasteiger partial charge in [0.2, 0.25) is 0 Å². The van der Waals surface area contributed by atoms with Gasteiger partial charge in [-0.3, -0.25) is 4.79 Å². The summed E-state index contributed by atoms with van der Waals surface area (Å²) in [5.41, 5.74) is -0.133. The molecule has 0 saturated carbocycles. The quantitative estimate of drug-likeness (QED) is 0.542. The highest BCUT2D eigenvalue weighted by molar-refractivity contribution is 7.90. The lowest BCUT2D eigenvalue weighted by Gasteiger charge is -2.19. The Morgan fingerprint density at radius 1 is 1.32 bits per heavy atom. The van der Waals surface area contributed by atoms with Crippen molar-refractivity contribution in [3.05, 3.63) is 51.6 Å². The van der Waals surface area contributed by atoms with E-state index in [-0.39, 0.29) is 22.0 Å². The zero-order valence-corrected chi connectivity index (χ0v) is 18.7. The van der Waals surface area contributed by atoms with E-state index in [0.29, 0.717) is 28.2 Å².